The Bertz CT molecular complexity index is 726. The van der Waals surface area contributed by atoms with Gasteiger partial charge in [0.25, 0.3) is 0 Å². The smallest absolute Gasteiger partial charge is 0.119 e. The van der Waals surface area contributed by atoms with E-state index >= 15 is 0 Å². The Morgan fingerprint density at radius 3 is 2.29 bits per heavy atom. The molecule has 3 rings (SSSR count). The fraction of sp³-hybridized carbons (Fsp3) is 0.278. The molecule has 0 amide bonds. The average molecular weight is 280 g/mol. The molecule has 1 heterocycles. The SMILES string of the molecule is COc1ccc(-n2nc(C(C)C)c3cccc-3c2C)cc1. The molecule has 3 heteroatoms. The summed E-state index contributed by atoms with van der Waals surface area (Å²) in [6.45, 7) is 6.48. The number of hydrogen-bond donors (Lipinski definition) is 0. The Balaban J connectivity index is 2.21. The Morgan fingerprint density at radius 2 is 1.67 bits per heavy atom. The molecule has 108 valence electrons. The summed E-state index contributed by atoms with van der Waals surface area (Å²) in [6, 6.07) is 14.4. The number of methoxy groups -OCH3 is 1. The maximum Gasteiger partial charge on any atom is 0.119 e. The number of hydrogen-bond acceptors (Lipinski definition) is 2. The highest BCUT2D eigenvalue weighted by Crippen LogP contribution is 2.33. The number of fused-ring (bicyclic) bond motifs is 1. The molecule has 1 aliphatic carbocycles. The first-order valence-corrected chi connectivity index (χ1v) is 7.24. The topological polar surface area (TPSA) is 27.1 Å². The molecule has 1 aliphatic heterocycles. The van der Waals surface area contributed by atoms with Crippen LogP contribution in [0.25, 0.3) is 16.8 Å². The minimum atomic E-state index is 0.389. The van der Waals surface area contributed by atoms with Gasteiger partial charge >= 0.3 is 0 Å². The Kier molecular flexibility index (Phi) is 3.42. The van der Waals surface area contributed by atoms with Gasteiger partial charge in [-0.05, 0) is 37.1 Å². The van der Waals surface area contributed by atoms with Crippen LogP contribution in [0.15, 0.2) is 42.5 Å². The Labute approximate surface area is 125 Å². The van der Waals surface area contributed by atoms with Crippen molar-refractivity contribution in [2.75, 3.05) is 7.11 Å². The molecule has 0 bridgehead atoms. The van der Waals surface area contributed by atoms with Crippen LogP contribution in [0, 0.1) is 6.92 Å². The monoisotopic (exact) mass is 280 g/mol. The lowest BCUT2D eigenvalue weighted by atomic mass is 10.00. The summed E-state index contributed by atoms with van der Waals surface area (Å²) in [5, 5.41) is 4.87. The van der Waals surface area contributed by atoms with Crippen molar-refractivity contribution < 1.29 is 4.74 Å². The van der Waals surface area contributed by atoms with E-state index in [1.165, 1.54) is 11.1 Å². The van der Waals surface area contributed by atoms with Crippen LogP contribution in [0.1, 0.15) is 31.2 Å². The van der Waals surface area contributed by atoms with Crippen LogP contribution in [0.5, 0.6) is 5.75 Å². The van der Waals surface area contributed by atoms with E-state index in [9.17, 15) is 0 Å². The summed E-state index contributed by atoms with van der Waals surface area (Å²) in [7, 11) is 1.68. The normalized spacial score (nSPS) is 11.3. The van der Waals surface area contributed by atoms with Gasteiger partial charge in [0.15, 0.2) is 0 Å². The van der Waals surface area contributed by atoms with Gasteiger partial charge in [-0.1, -0.05) is 32.0 Å². The number of aromatic nitrogens is 2. The van der Waals surface area contributed by atoms with E-state index in [1.54, 1.807) is 7.11 Å². The van der Waals surface area contributed by atoms with Gasteiger partial charge < -0.3 is 4.74 Å². The summed E-state index contributed by atoms with van der Waals surface area (Å²) in [4.78, 5) is 0. The average Bonchev–Trinajstić information content (AvgIpc) is 2.97. The lowest BCUT2D eigenvalue weighted by Crippen LogP contribution is -2.12. The van der Waals surface area contributed by atoms with Crippen LogP contribution in [-0.2, 0) is 0 Å². The number of benzene rings is 1. The fourth-order valence-corrected chi connectivity index (χ4v) is 2.71. The first-order chi connectivity index (χ1) is 10.1. The van der Waals surface area contributed by atoms with Crippen molar-refractivity contribution in [1.82, 2.24) is 9.78 Å². The molecule has 1 aromatic carbocycles. The Morgan fingerprint density at radius 1 is 1.00 bits per heavy atom. The van der Waals surface area contributed by atoms with Gasteiger partial charge in [-0.3, -0.25) is 0 Å². The zero-order valence-corrected chi connectivity index (χ0v) is 12.9. The van der Waals surface area contributed by atoms with Crippen molar-refractivity contribution in [3.63, 3.8) is 0 Å². The first kappa shape index (κ1) is 13.7. The highest BCUT2D eigenvalue weighted by molar-refractivity contribution is 5.72. The van der Waals surface area contributed by atoms with E-state index in [1.807, 2.05) is 28.9 Å². The van der Waals surface area contributed by atoms with E-state index in [-0.39, 0.29) is 0 Å². The van der Waals surface area contributed by atoms with Crippen LogP contribution in [-0.4, -0.2) is 16.9 Å². The molecule has 0 aromatic heterocycles. The second-order valence-corrected chi connectivity index (χ2v) is 5.59. The Hall–Kier alpha value is -2.29. The van der Waals surface area contributed by atoms with Gasteiger partial charge in [0.1, 0.15) is 5.75 Å². The van der Waals surface area contributed by atoms with Gasteiger partial charge in [-0.25, -0.2) is 4.68 Å². The van der Waals surface area contributed by atoms with Crippen LogP contribution >= 0.6 is 0 Å². The van der Waals surface area contributed by atoms with Crippen molar-refractivity contribution in [2.24, 2.45) is 0 Å². The van der Waals surface area contributed by atoms with Crippen molar-refractivity contribution in [2.45, 2.75) is 26.7 Å². The van der Waals surface area contributed by atoms with Crippen LogP contribution < -0.4 is 4.74 Å². The van der Waals surface area contributed by atoms with Crippen molar-refractivity contribution in [3.05, 3.63) is 53.9 Å². The first-order valence-electron chi connectivity index (χ1n) is 7.24. The third-order valence-corrected chi connectivity index (χ3v) is 3.87. The maximum atomic E-state index is 5.23. The van der Waals surface area contributed by atoms with Crippen molar-refractivity contribution >= 4 is 0 Å². The van der Waals surface area contributed by atoms with E-state index in [0.717, 1.165) is 22.8 Å². The molecule has 0 N–H and O–H groups in total. The van der Waals surface area contributed by atoms with Gasteiger partial charge in [0, 0.05) is 16.8 Å². The van der Waals surface area contributed by atoms with E-state index in [4.69, 9.17) is 9.84 Å². The lowest BCUT2D eigenvalue weighted by Gasteiger charge is -2.19. The number of rotatable bonds is 3. The summed E-state index contributed by atoms with van der Waals surface area (Å²) in [5.74, 6) is 1.25. The lowest BCUT2D eigenvalue weighted by molar-refractivity contribution is 0.414. The molecule has 0 fully saturated rings. The highest BCUT2D eigenvalue weighted by atomic mass is 16.5. The number of nitrogens with zero attached hydrogens (tertiary/aromatic N) is 2. The van der Waals surface area contributed by atoms with E-state index < -0.39 is 0 Å². The molecule has 3 nitrogen and oxygen atoms in total. The minimum Gasteiger partial charge on any atom is -0.497 e. The molecule has 0 spiro atoms. The minimum absolute atomic E-state index is 0.389. The quantitative estimate of drug-likeness (QED) is 0.710. The molecular formula is C18H20N2O. The molecule has 21 heavy (non-hydrogen) atoms. The highest BCUT2D eigenvalue weighted by Gasteiger charge is 2.18. The predicted octanol–water partition coefficient (Wildman–Crippen LogP) is 4.42. The van der Waals surface area contributed by atoms with Crippen LogP contribution in [0.2, 0.25) is 0 Å². The summed E-state index contributed by atoms with van der Waals surface area (Å²) in [6.07, 6.45) is 0. The molecule has 0 saturated carbocycles. The van der Waals surface area contributed by atoms with Gasteiger partial charge in [-0.15, -0.1) is 0 Å². The second kappa shape index (κ2) is 5.24. The second-order valence-electron chi connectivity index (χ2n) is 5.59. The summed E-state index contributed by atoms with van der Waals surface area (Å²) in [5.41, 5.74) is 5.87. The van der Waals surface area contributed by atoms with Crippen LogP contribution in [0.3, 0.4) is 0 Å². The summed E-state index contributed by atoms with van der Waals surface area (Å²) >= 11 is 0. The molecule has 0 unspecified atom stereocenters. The third kappa shape index (κ3) is 2.29. The maximum absolute atomic E-state index is 5.23. The molecular weight excluding hydrogens is 260 g/mol. The number of ether oxygens (including phenoxy) is 1. The zero-order valence-electron chi connectivity index (χ0n) is 12.9. The van der Waals surface area contributed by atoms with Crippen LogP contribution in [0.4, 0.5) is 0 Å². The fourth-order valence-electron chi connectivity index (χ4n) is 2.71. The largest absolute Gasteiger partial charge is 0.497 e. The molecule has 1 aromatic rings. The molecule has 0 saturated heterocycles. The third-order valence-electron chi connectivity index (χ3n) is 3.87. The standard InChI is InChI=1S/C18H20N2O/c1-12(2)18-17-7-5-6-16(17)13(3)20(19-18)14-8-10-15(21-4)11-9-14/h5-12H,1-4H3. The van der Waals surface area contributed by atoms with E-state index in [2.05, 4.69) is 39.0 Å². The van der Waals surface area contributed by atoms with Crippen molar-refractivity contribution in [1.29, 1.82) is 0 Å². The van der Waals surface area contributed by atoms with Gasteiger partial charge in [-0.2, -0.15) is 5.10 Å². The van der Waals surface area contributed by atoms with Gasteiger partial charge in [0.05, 0.1) is 18.5 Å². The summed E-state index contributed by atoms with van der Waals surface area (Å²) < 4.78 is 7.25. The van der Waals surface area contributed by atoms with E-state index in [0.29, 0.717) is 5.92 Å². The molecule has 0 radical (unpaired) electrons. The molecule has 2 aliphatic rings. The zero-order chi connectivity index (χ0) is 15.0. The van der Waals surface area contributed by atoms with Crippen molar-refractivity contribution in [3.8, 4) is 22.6 Å². The predicted molar refractivity (Wildman–Crippen MR) is 85.6 cm³/mol. The molecule has 0 atom stereocenters. The van der Waals surface area contributed by atoms with Gasteiger partial charge in [0.2, 0.25) is 0 Å².